The molecule has 0 aliphatic heterocycles. The Morgan fingerprint density at radius 2 is 1.85 bits per heavy atom. The molecule has 0 bridgehead atoms. The van der Waals surface area contributed by atoms with Gasteiger partial charge in [0.2, 0.25) is 0 Å². The molecule has 1 aromatic heterocycles. The maximum atomic E-state index is 12.4. The van der Waals surface area contributed by atoms with Gasteiger partial charge in [-0.25, -0.2) is 0 Å². The predicted octanol–water partition coefficient (Wildman–Crippen LogP) is 4.11. The number of hydrogen-bond acceptors (Lipinski definition) is 4. The second-order valence-corrected chi connectivity index (χ2v) is 6.31. The van der Waals surface area contributed by atoms with E-state index < -0.39 is 0 Å². The van der Waals surface area contributed by atoms with E-state index in [0.717, 1.165) is 29.1 Å². The molecule has 0 radical (unpaired) electrons. The van der Waals surface area contributed by atoms with Gasteiger partial charge in [0.1, 0.15) is 5.75 Å². The summed E-state index contributed by atoms with van der Waals surface area (Å²) in [4.78, 5) is 16.6. The van der Waals surface area contributed by atoms with Crippen molar-refractivity contribution in [2.75, 3.05) is 19.0 Å². The standard InChI is InChI=1S/C22H23N3O2/c1-16-6-8-19(9-7-16)25-20-13-18(14-23-15-20)22(26)24-11-10-17-4-3-5-21(12-17)27-2/h3-9,12-15,25H,10-11H2,1-2H3,(H,24,26). The number of benzene rings is 2. The molecule has 0 aliphatic rings. The molecule has 3 rings (SSSR count). The van der Waals surface area contributed by atoms with Crippen molar-refractivity contribution in [3.8, 4) is 5.75 Å². The highest BCUT2D eigenvalue weighted by atomic mass is 16.5. The van der Waals surface area contributed by atoms with E-state index >= 15 is 0 Å². The molecule has 2 aromatic carbocycles. The normalized spacial score (nSPS) is 10.3. The summed E-state index contributed by atoms with van der Waals surface area (Å²) in [5.41, 5.74) is 4.57. The minimum atomic E-state index is -0.141. The lowest BCUT2D eigenvalue weighted by Crippen LogP contribution is -2.25. The lowest BCUT2D eigenvalue weighted by molar-refractivity contribution is 0.0954. The average molecular weight is 361 g/mol. The summed E-state index contributed by atoms with van der Waals surface area (Å²) in [7, 11) is 1.64. The van der Waals surface area contributed by atoms with Gasteiger partial charge in [-0.15, -0.1) is 0 Å². The van der Waals surface area contributed by atoms with E-state index in [1.807, 2.05) is 55.5 Å². The van der Waals surface area contributed by atoms with Crippen LogP contribution in [0.5, 0.6) is 5.75 Å². The number of aromatic nitrogens is 1. The Labute approximate surface area is 159 Å². The largest absolute Gasteiger partial charge is 0.497 e. The number of methoxy groups -OCH3 is 1. The predicted molar refractivity (Wildman–Crippen MR) is 108 cm³/mol. The van der Waals surface area contributed by atoms with E-state index in [1.54, 1.807) is 25.6 Å². The molecular formula is C22H23N3O2. The molecule has 2 N–H and O–H groups in total. The molecule has 0 aliphatic carbocycles. The Bertz CT molecular complexity index is 907. The maximum Gasteiger partial charge on any atom is 0.252 e. The van der Waals surface area contributed by atoms with Gasteiger partial charge in [0.25, 0.3) is 5.91 Å². The van der Waals surface area contributed by atoms with Crippen LogP contribution in [0.15, 0.2) is 67.0 Å². The number of carbonyl (C=O) groups excluding carboxylic acids is 1. The summed E-state index contributed by atoms with van der Waals surface area (Å²) in [6.07, 6.45) is 4.01. The summed E-state index contributed by atoms with van der Waals surface area (Å²) in [6.45, 7) is 2.59. The third-order valence-electron chi connectivity index (χ3n) is 4.17. The van der Waals surface area contributed by atoms with Crippen LogP contribution in [0, 0.1) is 6.92 Å². The first-order valence-electron chi connectivity index (χ1n) is 8.84. The summed E-state index contributed by atoms with van der Waals surface area (Å²) in [5.74, 6) is 0.677. The van der Waals surface area contributed by atoms with Gasteiger partial charge in [-0.2, -0.15) is 0 Å². The molecule has 0 saturated carbocycles. The highest BCUT2D eigenvalue weighted by Crippen LogP contribution is 2.17. The van der Waals surface area contributed by atoms with Crippen molar-refractivity contribution in [2.45, 2.75) is 13.3 Å². The van der Waals surface area contributed by atoms with Crippen LogP contribution in [0.3, 0.4) is 0 Å². The zero-order valence-corrected chi connectivity index (χ0v) is 15.5. The number of carbonyl (C=O) groups is 1. The fourth-order valence-electron chi connectivity index (χ4n) is 2.69. The number of ether oxygens (including phenoxy) is 1. The Morgan fingerprint density at radius 3 is 2.63 bits per heavy atom. The van der Waals surface area contributed by atoms with Crippen LogP contribution in [-0.2, 0) is 6.42 Å². The number of pyridine rings is 1. The van der Waals surface area contributed by atoms with E-state index in [9.17, 15) is 4.79 Å². The smallest absolute Gasteiger partial charge is 0.252 e. The fraction of sp³-hybridized carbons (Fsp3) is 0.182. The Hall–Kier alpha value is -3.34. The number of aryl methyl sites for hydroxylation is 1. The zero-order chi connectivity index (χ0) is 19.1. The molecule has 5 heteroatoms. The lowest BCUT2D eigenvalue weighted by Gasteiger charge is -2.09. The molecule has 0 fully saturated rings. The van der Waals surface area contributed by atoms with Gasteiger partial charge in [0.05, 0.1) is 24.6 Å². The van der Waals surface area contributed by atoms with Crippen molar-refractivity contribution in [2.24, 2.45) is 0 Å². The lowest BCUT2D eigenvalue weighted by atomic mass is 10.1. The zero-order valence-electron chi connectivity index (χ0n) is 15.5. The highest BCUT2D eigenvalue weighted by Gasteiger charge is 2.07. The molecule has 3 aromatic rings. The van der Waals surface area contributed by atoms with E-state index in [2.05, 4.69) is 15.6 Å². The van der Waals surface area contributed by atoms with Gasteiger partial charge in [0.15, 0.2) is 0 Å². The maximum absolute atomic E-state index is 12.4. The van der Waals surface area contributed by atoms with E-state index in [4.69, 9.17) is 4.74 Å². The Kier molecular flexibility index (Phi) is 6.05. The van der Waals surface area contributed by atoms with Gasteiger partial charge in [0, 0.05) is 18.4 Å². The minimum absolute atomic E-state index is 0.141. The monoisotopic (exact) mass is 361 g/mol. The second-order valence-electron chi connectivity index (χ2n) is 6.31. The number of nitrogens with one attached hydrogen (secondary N) is 2. The van der Waals surface area contributed by atoms with Crippen LogP contribution in [0.1, 0.15) is 21.5 Å². The Morgan fingerprint density at radius 1 is 1.04 bits per heavy atom. The Balaban J connectivity index is 1.57. The minimum Gasteiger partial charge on any atom is -0.497 e. The third-order valence-corrected chi connectivity index (χ3v) is 4.17. The third kappa shape index (κ3) is 5.31. The molecule has 0 saturated heterocycles. The fourth-order valence-corrected chi connectivity index (χ4v) is 2.69. The first-order valence-corrected chi connectivity index (χ1v) is 8.84. The number of amides is 1. The molecule has 1 heterocycles. The van der Waals surface area contributed by atoms with Crippen molar-refractivity contribution in [1.82, 2.24) is 10.3 Å². The number of rotatable bonds is 7. The van der Waals surface area contributed by atoms with Gasteiger partial charge in [-0.3, -0.25) is 9.78 Å². The van der Waals surface area contributed by atoms with Gasteiger partial charge < -0.3 is 15.4 Å². The van der Waals surface area contributed by atoms with Crippen molar-refractivity contribution in [3.05, 3.63) is 83.7 Å². The molecule has 5 nitrogen and oxygen atoms in total. The average Bonchev–Trinajstić information content (AvgIpc) is 2.70. The molecule has 0 atom stereocenters. The highest BCUT2D eigenvalue weighted by molar-refractivity contribution is 5.94. The van der Waals surface area contributed by atoms with Crippen LogP contribution < -0.4 is 15.4 Å². The second kappa shape index (κ2) is 8.85. The first-order chi connectivity index (χ1) is 13.1. The summed E-state index contributed by atoms with van der Waals surface area (Å²) in [6, 6.07) is 17.7. The molecule has 0 spiro atoms. The molecule has 138 valence electrons. The summed E-state index contributed by atoms with van der Waals surface area (Å²) >= 11 is 0. The quantitative estimate of drug-likeness (QED) is 0.665. The molecule has 0 unspecified atom stereocenters. The van der Waals surface area contributed by atoms with Crippen molar-refractivity contribution in [1.29, 1.82) is 0 Å². The van der Waals surface area contributed by atoms with Crippen molar-refractivity contribution >= 4 is 17.3 Å². The van der Waals surface area contributed by atoms with Crippen LogP contribution in [-0.4, -0.2) is 24.5 Å². The van der Waals surface area contributed by atoms with Crippen LogP contribution >= 0.6 is 0 Å². The molecule has 1 amide bonds. The van der Waals surface area contributed by atoms with Gasteiger partial charge >= 0.3 is 0 Å². The van der Waals surface area contributed by atoms with E-state index in [1.165, 1.54) is 5.56 Å². The van der Waals surface area contributed by atoms with Gasteiger partial charge in [-0.1, -0.05) is 29.8 Å². The van der Waals surface area contributed by atoms with Gasteiger partial charge in [-0.05, 0) is 49.2 Å². The summed E-state index contributed by atoms with van der Waals surface area (Å²) in [5, 5.41) is 6.20. The van der Waals surface area contributed by atoms with Crippen LogP contribution in [0.4, 0.5) is 11.4 Å². The summed E-state index contributed by atoms with van der Waals surface area (Å²) < 4.78 is 5.22. The molecular weight excluding hydrogens is 338 g/mol. The van der Waals surface area contributed by atoms with Crippen LogP contribution in [0.2, 0.25) is 0 Å². The number of anilines is 2. The topological polar surface area (TPSA) is 63.2 Å². The molecule has 27 heavy (non-hydrogen) atoms. The van der Waals surface area contributed by atoms with E-state index in [-0.39, 0.29) is 5.91 Å². The SMILES string of the molecule is COc1cccc(CCNC(=O)c2cncc(Nc3ccc(C)cc3)c2)c1. The van der Waals surface area contributed by atoms with Crippen molar-refractivity contribution < 1.29 is 9.53 Å². The number of nitrogens with zero attached hydrogens (tertiary/aromatic N) is 1. The first kappa shape index (κ1) is 18.5. The number of hydrogen-bond donors (Lipinski definition) is 2. The van der Waals surface area contributed by atoms with Crippen molar-refractivity contribution in [3.63, 3.8) is 0 Å². The van der Waals surface area contributed by atoms with E-state index in [0.29, 0.717) is 12.1 Å². The van der Waals surface area contributed by atoms with Crippen LogP contribution in [0.25, 0.3) is 0 Å².